The molecule has 0 N–H and O–H groups in total. The molecule has 0 bridgehead atoms. The van der Waals surface area contributed by atoms with Crippen molar-refractivity contribution in [1.29, 1.82) is 0 Å². The molecule has 0 saturated carbocycles. The van der Waals surface area contributed by atoms with E-state index < -0.39 is 21.8 Å². The van der Waals surface area contributed by atoms with E-state index in [2.05, 4.69) is 4.99 Å². The maximum atomic E-state index is 13.3. The highest BCUT2D eigenvalue weighted by atomic mass is 32.2. The molecule has 0 aliphatic carbocycles. The van der Waals surface area contributed by atoms with Gasteiger partial charge in [-0.15, -0.1) is 0 Å². The third kappa shape index (κ3) is 5.00. The van der Waals surface area contributed by atoms with Crippen LogP contribution in [0.3, 0.4) is 0 Å². The first-order valence-corrected chi connectivity index (χ1v) is 12.2. The normalized spacial score (nSPS) is 15.1. The van der Waals surface area contributed by atoms with Crippen molar-refractivity contribution in [3.63, 3.8) is 0 Å². The SMILES string of the molecule is CCOc1ccc(S(=O)(=O)N2CCN=C(c3ccc(C(F)(F)F)cc3)c3ccccc3C2)cc1. The van der Waals surface area contributed by atoms with Crippen LogP contribution in [0.4, 0.5) is 13.2 Å². The predicted octanol–water partition coefficient (Wildman–Crippen LogP) is 5.15. The van der Waals surface area contributed by atoms with E-state index in [4.69, 9.17) is 4.74 Å². The van der Waals surface area contributed by atoms with Gasteiger partial charge in [0.2, 0.25) is 10.0 Å². The standard InChI is InChI=1S/C25H23F3N2O3S/c1-2-33-21-11-13-22(14-12-21)34(31,32)30-16-15-29-24(23-6-4-3-5-19(23)17-30)18-7-9-20(10-8-18)25(26,27)28/h3-14H,2,15-17H2,1H3. The van der Waals surface area contributed by atoms with Gasteiger partial charge < -0.3 is 4.74 Å². The Balaban J connectivity index is 1.66. The second-order valence-electron chi connectivity index (χ2n) is 7.71. The molecule has 1 aliphatic heterocycles. The number of sulfonamides is 1. The summed E-state index contributed by atoms with van der Waals surface area (Å²) in [6, 6.07) is 18.3. The Morgan fingerprint density at radius 2 is 1.65 bits per heavy atom. The third-order valence-corrected chi connectivity index (χ3v) is 7.36. The summed E-state index contributed by atoms with van der Waals surface area (Å²) in [6.07, 6.45) is -4.42. The molecule has 3 aromatic carbocycles. The summed E-state index contributed by atoms with van der Waals surface area (Å²) in [5, 5.41) is 0. The first kappa shape index (κ1) is 24.0. The fourth-order valence-corrected chi connectivity index (χ4v) is 5.22. The summed E-state index contributed by atoms with van der Waals surface area (Å²) in [6.45, 7) is 2.75. The van der Waals surface area contributed by atoms with E-state index >= 15 is 0 Å². The van der Waals surface area contributed by atoms with Crippen LogP contribution in [0.25, 0.3) is 0 Å². The molecule has 0 fully saturated rings. The van der Waals surface area contributed by atoms with Crippen molar-refractivity contribution < 1.29 is 26.3 Å². The van der Waals surface area contributed by atoms with Crippen molar-refractivity contribution in [2.75, 3.05) is 19.7 Å². The third-order valence-electron chi connectivity index (χ3n) is 5.50. The molecule has 0 unspecified atom stereocenters. The molecule has 9 heteroatoms. The second-order valence-corrected chi connectivity index (χ2v) is 9.64. The Kier molecular flexibility index (Phi) is 6.77. The maximum Gasteiger partial charge on any atom is 0.416 e. The van der Waals surface area contributed by atoms with Crippen molar-refractivity contribution in [2.24, 2.45) is 4.99 Å². The highest BCUT2D eigenvalue weighted by Gasteiger charge is 2.31. The maximum absolute atomic E-state index is 13.3. The van der Waals surface area contributed by atoms with Gasteiger partial charge in [0.05, 0.1) is 29.3 Å². The van der Waals surface area contributed by atoms with Gasteiger partial charge in [-0.05, 0) is 48.9 Å². The molecular formula is C25H23F3N2O3S. The minimum Gasteiger partial charge on any atom is -0.494 e. The summed E-state index contributed by atoms with van der Waals surface area (Å²) in [4.78, 5) is 4.75. The van der Waals surface area contributed by atoms with Crippen LogP contribution in [0.15, 0.2) is 82.7 Å². The van der Waals surface area contributed by atoms with Crippen LogP contribution in [-0.2, 0) is 22.7 Å². The van der Waals surface area contributed by atoms with Crippen LogP contribution in [0, 0.1) is 0 Å². The van der Waals surface area contributed by atoms with Crippen molar-refractivity contribution in [2.45, 2.75) is 24.5 Å². The Morgan fingerprint density at radius 1 is 0.971 bits per heavy atom. The minimum absolute atomic E-state index is 0.116. The first-order valence-electron chi connectivity index (χ1n) is 10.7. The molecule has 0 amide bonds. The number of hydrogen-bond donors (Lipinski definition) is 0. The lowest BCUT2D eigenvalue weighted by Crippen LogP contribution is -2.34. The monoisotopic (exact) mass is 488 g/mol. The van der Waals surface area contributed by atoms with Gasteiger partial charge in [0.25, 0.3) is 0 Å². The van der Waals surface area contributed by atoms with Crippen LogP contribution >= 0.6 is 0 Å². The van der Waals surface area contributed by atoms with E-state index in [0.717, 1.165) is 17.7 Å². The van der Waals surface area contributed by atoms with E-state index in [0.29, 0.717) is 29.2 Å². The first-order chi connectivity index (χ1) is 16.2. The number of hydrogen-bond acceptors (Lipinski definition) is 4. The van der Waals surface area contributed by atoms with Gasteiger partial charge in [-0.1, -0.05) is 36.4 Å². The number of rotatable bonds is 5. The van der Waals surface area contributed by atoms with E-state index in [1.165, 1.54) is 28.6 Å². The van der Waals surface area contributed by atoms with Crippen LogP contribution < -0.4 is 4.74 Å². The molecule has 1 aliphatic rings. The van der Waals surface area contributed by atoms with Crippen LogP contribution in [0.1, 0.15) is 29.2 Å². The molecule has 34 heavy (non-hydrogen) atoms. The van der Waals surface area contributed by atoms with Gasteiger partial charge in [0.1, 0.15) is 5.75 Å². The van der Waals surface area contributed by atoms with E-state index in [-0.39, 0.29) is 24.5 Å². The summed E-state index contributed by atoms with van der Waals surface area (Å²) in [5.74, 6) is 0.588. The summed E-state index contributed by atoms with van der Waals surface area (Å²) in [5.41, 5.74) is 1.76. The molecule has 5 nitrogen and oxygen atoms in total. The van der Waals surface area contributed by atoms with Crippen LogP contribution in [-0.4, -0.2) is 38.1 Å². The van der Waals surface area contributed by atoms with Crippen molar-refractivity contribution in [3.05, 3.63) is 95.1 Å². The Morgan fingerprint density at radius 3 is 2.29 bits per heavy atom. The van der Waals surface area contributed by atoms with Gasteiger partial charge >= 0.3 is 6.18 Å². The van der Waals surface area contributed by atoms with Gasteiger partial charge in [-0.25, -0.2) is 8.42 Å². The predicted molar refractivity (Wildman–Crippen MR) is 124 cm³/mol. The Bertz CT molecular complexity index is 1290. The number of fused-ring (bicyclic) bond motifs is 1. The number of alkyl halides is 3. The lowest BCUT2D eigenvalue weighted by molar-refractivity contribution is -0.137. The molecule has 4 rings (SSSR count). The highest BCUT2D eigenvalue weighted by Crippen LogP contribution is 2.30. The molecule has 0 spiro atoms. The lowest BCUT2D eigenvalue weighted by Gasteiger charge is -2.26. The molecular weight excluding hydrogens is 465 g/mol. The van der Waals surface area contributed by atoms with Gasteiger partial charge in [0.15, 0.2) is 0 Å². The Labute approximate surface area is 196 Å². The zero-order valence-corrected chi connectivity index (χ0v) is 19.2. The van der Waals surface area contributed by atoms with E-state index in [9.17, 15) is 21.6 Å². The number of benzene rings is 3. The largest absolute Gasteiger partial charge is 0.494 e. The van der Waals surface area contributed by atoms with Crippen molar-refractivity contribution in [3.8, 4) is 5.75 Å². The number of nitrogens with zero attached hydrogens (tertiary/aromatic N) is 2. The highest BCUT2D eigenvalue weighted by molar-refractivity contribution is 7.89. The molecule has 0 aromatic heterocycles. The molecule has 0 atom stereocenters. The topological polar surface area (TPSA) is 59.0 Å². The van der Waals surface area contributed by atoms with Crippen molar-refractivity contribution >= 4 is 15.7 Å². The number of aliphatic imine (C=N–C) groups is 1. The van der Waals surface area contributed by atoms with Gasteiger partial charge in [-0.3, -0.25) is 4.99 Å². The average Bonchev–Trinajstić information content (AvgIpc) is 2.80. The molecule has 1 heterocycles. The second kappa shape index (κ2) is 9.60. The summed E-state index contributed by atoms with van der Waals surface area (Å²) in [7, 11) is -3.80. The van der Waals surface area contributed by atoms with E-state index in [1.54, 1.807) is 36.4 Å². The van der Waals surface area contributed by atoms with Gasteiger partial charge in [-0.2, -0.15) is 17.5 Å². The molecule has 178 valence electrons. The van der Waals surface area contributed by atoms with Gasteiger partial charge in [0, 0.05) is 24.2 Å². The quantitative estimate of drug-likeness (QED) is 0.499. The van der Waals surface area contributed by atoms with Crippen molar-refractivity contribution in [1.82, 2.24) is 4.31 Å². The van der Waals surface area contributed by atoms with E-state index in [1.807, 2.05) is 6.92 Å². The molecule has 3 aromatic rings. The Hall–Kier alpha value is -3.17. The number of halogens is 3. The fourth-order valence-electron chi connectivity index (χ4n) is 3.81. The fraction of sp³-hybridized carbons (Fsp3) is 0.240. The lowest BCUT2D eigenvalue weighted by atomic mass is 9.96. The number of ether oxygens (including phenoxy) is 1. The van der Waals surface area contributed by atoms with Crippen LogP contribution in [0.5, 0.6) is 5.75 Å². The zero-order chi connectivity index (χ0) is 24.3. The zero-order valence-electron chi connectivity index (χ0n) is 18.4. The summed E-state index contributed by atoms with van der Waals surface area (Å²) >= 11 is 0. The average molecular weight is 489 g/mol. The summed E-state index contributed by atoms with van der Waals surface area (Å²) < 4.78 is 72.4. The van der Waals surface area contributed by atoms with Crippen LogP contribution in [0.2, 0.25) is 0 Å². The minimum atomic E-state index is -4.42. The smallest absolute Gasteiger partial charge is 0.416 e. The molecule has 0 saturated heterocycles. The molecule has 0 radical (unpaired) electrons.